The molecule has 4 nitrogen and oxygen atoms in total. The summed E-state index contributed by atoms with van der Waals surface area (Å²) in [5.41, 5.74) is 3.16. The Morgan fingerprint density at radius 3 is 2.33 bits per heavy atom. The number of ether oxygens (including phenoxy) is 1. The molecule has 0 saturated heterocycles. The Balaban J connectivity index is 2.16. The quantitative estimate of drug-likeness (QED) is 0.656. The van der Waals surface area contributed by atoms with Crippen molar-refractivity contribution in [2.75, 3.05) is 25.1 Å². The lowest BCUT2D eigenvalue weighted by Crippen LogP contribution is -2.21. The predicted octanol–water partition coefficient (Wildman–Crippen LogP) is 4.31. The fourth-order valence-electron chi connectivity index (χ4n) is 2.95. The summed E-state index contributed by atoms with van der Waals surface area (Å²) in [6.45, 7) is 6.03. The zero-order chi connectivity index (χ0) is 17.1. The van der Waals surface area contributed by atoms with Crippen LogP contribution in [0.15, 0.2) is 57.7 Å². The third-order valence-electron chi connectivity index (χ3n) is 4.26. The second-order valence-electron chi connectivity index (χ2n) is 5.56. The van der Waals surface area contributed by atoms with Crippen LogP contribution in [0.1, 0.15) is 13.8 Å². The van der Waals surface area contributed by atoms with Crippen molar-refractivity contribution < 1.29 is 9.15 Å². The van der Waals surface area contributed by atoms with Crippen LogP contribution in [0, 0.1) is 0 Å². The average Bonchev–Trinajstić information content (AvgIpc) is 2.62. The van der Waals surface area contributed by atoms with Gasteiger partial charge in [-0.2, -0.15) is 0 Å². The Morgan fingerprint density at radius 1 is 1.00 bits per heavy atom. The Morgan fingerprint density at radius 2 is 1.71 bits per heavy atom. The van der Waals surface area contributed by atoms with Crippen LogP contribution in [-0.4, -0.2) is 20.2 Å². The van der Waals surface area contributed by atoms with Gasteiger partial charge in [0.15, 0.2) is 0 Å². The van der Waals surface area contributed by atoms with Crippen LogP contribution in [0.5, 0.6) is 5.75 Å². The molecule has 2 aromatic carbocycles. The summed E-state index contributed by atoms with van der Waals surface area (Å²) < 4.78 is 10.6. The molecule has 0 radical (unpaired) electrons. The lowest BCUT2D eigenvalue weighted by Gasteiger charge is -2.21. The van der Waals surface area contributed by atoms with E-state index in [-0.39, 0.29) is 5.63 Å². The Hall–Kier alpha value is -2.75. The minimum absolute atomic E-state index is 0.343. The summed E-state index contributed by atoms with van der Waals surface area (Å²) in [4.78, 5) is 14.2. The normalized spacial score (nSPS) is 10.8. The molecule has 24 heavy (non-hydrogen) atoms. The molecule has 4 heteroatoms. The number of rotatable bonds is 5. The maximum Gasteiger partial charge on any atom is 0.336 e. The van der Waals surface area contributed by atoms with E-state index in [2.05, 4.69) is 24.8 Å². The second-order valence-corrected chi connectivity index (χ2v) is 5.56. The molecule has 0 bridgehead atoms. The van der Waals surface area contributed by atoms with Crippen LogP contribution in [-0.2, 0) is 0 Å². The van der Waals surface area contributed by atoms with Gasteiger partial charge in [0.1, 0.15) is 11.3 Å². The predicted molar refractivity (Wildman–Crippen MR) is 98.0 cm³/mol. The molecule has 0 amide bonds. The lowest BCUT2D eigenvalue weighted by molar-refractivity contribution is 0.415. The van der Waals surface area contributed by atoms with E-state index in [0.29, 0.717) is 5.58 Å². The van der Waals surface area contributed by atoms with Crippen molar-refractivity contribution in [3.05, 3.63) is 59.0 Å². The maximum absolute atomic E-state index is 12.0. The van der Waals surface area contributed by atoms with E-state index >= 15 is 0 Å². The van der Waals surface area contributed by atoms with Gasteiger partial charge in [-0.25, -0.2) is 4.79 Å². The maximum atomic E-state index is 12.0. The van der Waals surface area contributed by atoms with E-state index in [9.17, 15) is 4.79 Å². The number of methoxy groups -OCH3 is 1. The van der Waals surface area contributed by atoms with Crippen LogP contribution >= 0.6 is 0 Å². The number of hydrogen-bond donors (Lipinski definition) is 0. The Bertz CT molecular complexity index is 893. The van der Waals surface area contributed by atoms with Crippen molar-refractivity contribution in [2.24, 2.45) is 0 Å². The molecule has 3 rings (SSSR count). The number of hydrogen-bond acceptors (Lipinski definition) is 4. The van der Waals surface area contributed by atoms with Gasteiger partial charge in [0.05, 0.1) is 7.11 Å². The molecule has 0 aliphatic carbocycles. The van der Waals surface area contributed by atoms with Gasteiger partial charge in [-0.1, -0.05) is 12.1 Å². The molecule has 1 heterocycles. The van der Waals surface area contributed by atoms with E-state index in [0.717, 1.165) is 41.0 Å². The minimum Gasteiger partial charge on any atom is -0.497 e. The largest absolute Gasteiger partial charge is 0.497 e. The van der Waals surface area contributed by atoms with E-state index < -0.39 is 0 Å². The number of fused-ring (bicyclic) bond motifs is 1. The van der Waals surface area contributed by atoms with Gasteiger partial charge < -0.3 is 14.1 Å². The topological polar surface area (TPSA) is 42.7 Å². The number of anilines is 1. The fourth-order valence-corrected chi connectivity index (χ4v) is 2.95. The first-order chi connectivity index (χ1) is 11.7. The first-order valence-electron chi connectivity index (χ1n) is 8.13. The van der Waals surface area contributed by atoms with E-state index in [1.807, 2.05) is 36.4 Å². The first kappa shape index (κ1) is 16.1. The molecule has 1 aromatic heterocycles. The molecule has 124 valence electrons. The summed E-state index contributed by atoms with van der Waals surface area (Å²) in [6, 6.07) is 15.3. The highest BCUT2D eigenvalue weighted by atomic mass is 16.5. The highest BCUT2D eigenvalue weighted by Crippen LogP contribution is 2.31. The molecule has 0 aliphatic heterocycles. The molecular formula is C20H21NO3. The van der Waals surface area contributed by atoms with Gasteiger partial charge in [-0.15, -0.1) is 0 Å². The lowest BCUT2D eigenvalue weighted by atomic mass is 10.0. The van der Waals surface area contributed by atoms with Crippen molar-refractivity contribution in [3.63, 3.8) is 0 Å². The third kappa shape index (κ3) is 3.00. The van der Waals surface area contributed by atoms with Gasteiger partial charge >= 0.3 is 5.63 Å². The summed E-state index contributed by atoms with van der Waals surface area (Å²) in [6.07, 6.45) is 0. The molecule has 0 unspecified atom stereocenters. The highest BCUT2D eigenvalue weighted by molar-refractivity contribution is 5.94. The first-order valence-corrected chi connectivity index (χ1v) is 8.13. The van der Waals surface area contributed by atoms with Gasteiger partial charge in [0.25, 0.3) is 0 Å². The van der Waals surface area contributed by atoms with Gasteiger partial charge in [0, 0.05) is 36.3 Å². The van der Waals surface area contributed by atoms with E-state index in [1.54, 1.807) is 13.2 Å². The van der Waals surface area contributed by atoms with Crippen LogP contribution < -0.4 is 15.3 Å². The van der Waals surface area contributed by atoms with Crippen molar-refractivity contribution in [1.82, 2.24) is 0 Å². The van der Waals surface area contributed by atoms with Crippen LogP contribution in [0.25, 0.3) is 22.1 Å². The SMILES string of the molecule is CCN(CC)c1ccc2c(-c3ccc(OC)cc3)cc(=O)oc2c1. The molecular weight excluding hydrogens is 302 g/mol. The van der Waals surface area contributed by atoms with Crippen LogP contribution in [0.4, 0.5) is 5.69 Å². The van der Waals surface area contributed by atoms with Crippen molar-refractivity contribution in [3.8, 4) is 16.9 Å². The van der Waals surface area contributed by atoms with Crippen LogP contribution in [0.3, 0.4) is 0 Å². The van der Waals surface area contributed by atoms with Crippen molar-refractivity contribution in [2.45, 2.75) is 13.8 Å². The molecule has 0 spiro atoms. The van der Waals surface area contributed by atoms with Gasteiger partial charge in [0.2, 0.25) is 0 Å². The molecule has 0 fully saturated rings. The van der Waals surface area contributed by atoms with Crippen molar-refractivity contribution >= 4 is 16.7 Å². The Labute approximate surface area is 141 Å². The van der Waals surface area contributed by atoms with Crippen LogP contribution in [0.2, 0.25) is 0 Å². The summed E-state index contributed by atoms with van der Waals surface area (Å²) in [5.74, 6) is 0.787. The summed E-state index contributed by atoms with van der Waals surface area (Å²) in [5, 5.41) is 0.927. The van der Waals surface area contributed by atoms with E-state index in [1.165, 1.54) is 0 Å². The standard InChI is InChI=1S/C20H21NO3/c1-4-21(5-2)15-8-11-17-18(13-20(22)24-19(17)12-15)14-6-9-16(23-3)10-7-14/h6-13H,4-5H2,1-3H3. The Kier molecular flexibility index (Phi) is 4.56. The second kappa shape index (κ2) is 6.79. The molecule has 3 aromatic rings. The van der Waals surface area contributed by atoms with Gasteiger partial charge in [-0.05, 0) is 49.2 Å². The molecule has 0 aliphatic rings. The average molecular weight is 323 g/mol. The smallest absolute Gasteiger partial charge is 0.336 e. The number of benzene rings is 2. The summed E-state index contributed by atoms with van der Waals surface area (Å²) >= 11 is 0. The monoisotopic (exact) mass is 323 g/mol. The molecule has 0 N–H and O–H groups in total. The zero-order valence-corrected chi connectivity index (χ0v) is 14.2. The molecule has 0 saturated carbocycles. The number of nitrogens with zero attached hydrogens (tertiary/aromatic N) is 1. The third-order valence-corrected chi connectivity index (χ3v) is 4.26. The fraction of sp³-hybridized carbons (Fsp3) is 0.250. The molecule has 0 atom stereocenters. The highest BCUT2D eigenvalue weighted by Gasteiger charge is 2.10. The van der Waals surface area contributed by atoms with E-state index in [4.69, 9.17) is 9.15 Å². The minimum atomic E-state index is -0.343. The summed E-state index contributed by atoms with van der Waals surface area (Å²) in [7, 11) is 1.64. The zero-order valence-electron chi connectivity index (χ0n) is 14.2. The van der Waals surface area contributed by atoms with Gasteiger partial charge in [-0.3, -0.25) is 0 Å². The van der Waals surface area contributed by atoms with Crippen molar-refractivity contribution in [1.29, 1.82) is 0 Å².